The van der Waals surface area contributed by atoms with E-state index in [0.29, 0.717) is 11.8 Å². The highest BCUT2D eigenvalue weighted by Crippen LogP contribution is 2.21. The quantitative estimate of drug-likeness (QED) is 0.865. The second-order valence-electron chi connectivity index (χ2n) is 5.25. The number of H-pyrrole nitrogens is 1. The summed E-state index contributed by atoms with van der Waals surface area (Å²) in [5, 5.41) is 7.38. The molecule has 0 radical (unpaired) electrons. The van der Waals surface area contributed by atoms with E-state index in [-0.39, 0.29) is 6.04 Å². The third kappa shape index (κ3) is 2.98. The van der Waals surface area contributed by atoms with Crippen molar-refractivity contribution in [2.45, 2.75) is 32.2 Å². The standard InChI is InChI=1S/C12H23N5S/c1-8-4-5-17(6-10(8)13)12-14-11(15-16-12)9(2)7-18-3/h8-10H,4-7,13H2,1-3H3,(H,14,15,16). The molecule has 1 aliphatic rings. The van der Waals surface area contributed by atoms with Gasteiger partial charge in [0.1, 0.15) is 5.82 Å². The van der Waals surface area contributed by atoms with E-state index in [9.17, 15) is 0 Å². The van der Waals surface area contributed by atoms with Crippen LogP contribution in [0.3, 0.4) is 0 Å². The Bertz CT molecular complexity index is 380. The largest absolute Gasteiger partial charge is 0.338 e. The van der Waals surface area contributed by atoms with Gasteiger partial charge in [0, 0.05) is 30.8 Å². The average molecular weight is 269 g/mol. The van der Waals surface area contributed by atoms with Crippen LogP contribution in [0.5, 0.6) is 0 Å². The van der Waals surface area contributed by atoms with Gasteiger partial charge in [0.15, 0.2) is 0 Å². The van der Waals surface area contributed by atoms with Crippen molar-refractivity contribution in [1.82, 2.24) is 15.2 Å². The zero-order valence-corrected chi connectivity index (χ0v) is 12.2. The fraction of sp³-hybridized carbons (Fsp3) is 0.833. The minimum absolute atomic E-state index is 0.226. The molecule has 3 unspecified atom stereocenters. The summed E-state index contributed by atoms with van der Waals surface area (Å²) in [5.41, 5.74) is 6.11. The van der Waals surface area contributed by atoms with Gasteiger partial charge in [-0.2, -0.15) is 16.7 Å². The lowest BCUT2D eigenvalue weighted by molar-refractivity contribution is 0.376. The summed E-state index contributed by atoms with van der Waals surface area (Å²) >= 11 is 1.83. The second-order valence-corrected chi connectivity index (χ2v) is 6.16. The molecule has 0 spiro atoms. The average Bonchev–Trinajstić information content (AvgIpc) is 2.82. The van der Waals surface area contributed by atoms with E-state index < -0.39 is 0 Å². The molecule has 2 heterocycles. The van der Waals surface area contributed by atoms with Crippen molar-refractivity contribution in [1.29, 1.82) is 0 Å². The number of aromatic amines is 1. The van der Waals surface area contributed by atoms with Gasteiger partial charge in [-0.25, -0.2) is 0 Å². The Morgan fingerprint density at radius 1 is 1.61 bits per heavy atom. The van der Waals surface area contributed by atoms with Gasteiger partial charge in [0.05, 0.1) is 0 Å². The van der Waals surface area contributed by atoms with Crippen LogP contribution in [0.2, 0.25) is 0 Å². The number of hydrogen-bond acceptors (Lipinski definition) is 5. The molecular formula is C12H23N5S. The van der Waals surface area contributed by atoms with E-state index in [4.69, 9.17) is 5.73 Å². The smallest absolute Gasteiger partial charge is 0.244 e. The molecule has 18 heavy (non-hydrogen) atoms. The number of aromatic nitrogens is 3. The van der Waals surface area contributed by atoms with Crippen LogP contribution in [-0.2, 0) is 0 Å². The van der Waals surface area contributed by atoms with Crippen LogP contribution in [0.4, 0.5) is 5.95 Å². The normalized spacial score (nSPS) is 26.3. The number of piperidine rings is 1. The van der Waals surface area contributed by atoms with Gasteiger partial charge in [0.25, 0.3) is 0 Å². The van der Waals surface area contributed by atoms with Crippen molar-refractivity contribution in [3.63, 3.8) is 0 Å². The predicted molar refractivity (Wildman–Crippen MR) is 77.1 cm³/mol. The Hall–Kier alpha value is -0.750. The summed E-state index contributed by atoms with van der Waals surface area (Å²) in [6.07, 6.45) is 3.23. The molecule has 0 bridgehead atoms. The third-order valence-electron chi connectivity index (χ3n) is 3.67. The summed E-state index contributed by atoms with van der Waals surface area (Å²) in [6, 6.07) is 0.226. The predicted octanol–water partition coefficient (Wildman–Crippen LogP) is 1.44. The van der Waals surface area contributed by atoms with Gasteiger partial charge in [-0.1, -0.05) is 13.8 Å². The Labute approximate surface area is 113 Å². The van der Waals surface area contributed by atoms with Crippen LogP contribution in [0.15, 0.2) is 0 Å². The minimum Gasteiger partial charge on any atom is -0.338 e. The first-order chi connectivity index (χ1) is 8.61. The zero-order valence-electron chi connectivity index (χ0n) is 11.4. The Morgan fingerprint density at radius 2 is 2.39 bits per heavy atom. The Kier molecular flexibility index (Phi) is 4.50. The topological polar surface area (TPSA) is 70.8 Å². The van der Waals surface area contributed by atoms with E-state index in [1.54, 1.807) is 0 Å². The molecule has 1 fully saturated rings. The summed E-state index contributed by atoms with van der Waals surface area (Å²) in [6.45, 7) is 6.25. The number of nitrogens with zero attached hydrogens (tertiary/aromatic N) is 3. The van der Waals surface area contributed by atoms with Crippen LogP contribution in [0.1, 0.15) is 32.0 Å². The van der Waals surface area contributed by atoms with Crippen molar-refractivity contribution in [2.75, 3.05) is 30.0 Å². The van der Waals surface area contributed by atoms with Gasteiger partial charge in [-0.15, -0.1) is 5.10 Å². The van der Waals surface area contributed by atoms with E-state index >= 15 is 0 Å². The molecule has 0 saturated carbocycles. The van der Waals surface area contributed by atoms with Crippen molar-refractivity contribution in [3.05, 3.63) is 5.82 Å². The van der Waals surface area contributed by atoms with Crippen LogP contribution >= 0.6 is 11.8 Å². The van der Waals surface area contributed by atoms with Crippen LogP contribution in [0.25, 0.3) is 0 Å². The Balaban J connectivity index is 2.01. The highest BCUT2D eigenvalue weighted by molar-refractivity contribution is 7.98. The number of thioether (sulfide) groups is 1. The van der Waals surface area contributed by atoms with Crippen molar-refractivity contribution >= 4 is 17.7 Å². The molecule has 6 heteroatoms. The van der Waals surface area contributed by atoms with Gasteiger partial charge in [-0.05, 0) is 18.6 Å². The number of hydrogen-bond donors (Lipinski definition) is 2. The molecular weight excluding hydrogens is 246 g/mol. The summed E-state index contributed by atoms with van der Waals surface area (Å²) in [5.74, 6) is 3.85. The SMILES string of the molecule is CSCC(C)c1nc(N2CCC(C)C(N)C2)n[nH]1. The molecule has 0 aromatic carbocycles. The first kappa shape index (κ1) is 13.7. The van der Waals surface area contributed by atoms with Gasteiger partial charge in [0.2, 0.25) is 5.95 Å². The molecule has 2 rings (SSSR count). The van der Waals surface area contributed by atoms with Gasteiger partial charge >= 0.3 is 0 Å². The maximum Gasteiger partial charge on any atom is 0.244 e. The molecule has 1 aromatic heterocycles. The molecule has 1 aliphatic heterocycles. The highest BCUT2D eigenvalue weighted by atomic mass is 32.2. The van der Waals surface area contributed by atoms with Gasteiger partial charge in [-0.3, -0.25) is 5.10 Å². The van der Waals surface area contributed by atoms with Crippen LogP contribution in [0, 0.1) is 5.92 Å². The molecule has 5 nitrogen and oxygen atoms in total. The fourth-order valence-electron chi connectivity index (χ4n) is 2.24. The molecule has 3 atom stereocenters. The fourth-order valence-corrected chi connectivity index (χ4v) is 2.89. The lowest BCUT2D eigenvalue weighted by Gasteiger charge is -2.34. The number of nitrogens with one attached hydrogen (secondary N) is 1. The monoisotopic (exact) mass is 269 g/mol. The van der Waals surface area contributed by atoms with Crippen LogP contribution in [-0.4, -0.2) is 46.3 Å². The molecule has 0 amide bonds. The summed E-state index contributed by atoms with van der Waals surface area (Å²) in [7, 11) is 0. The van der Waals surface area contributed by atoms with E-state index in [1.807, 2.05) is 11.8 Å². The minimum atomic E-state index is 0.226. The van der Waals surface area contributed by atoms with Crippen LogP contribution < -0.4 is 10.6 Å². The molecule has 102 valence electrons. The van der Waals surface area contributed by atoms with E-state index in [2.05, 4.69) is 40.2 Å². The summed E-state index contributed by atoms with van der Waals surface area (Å²) < 4.78 is 0. The third-order valence-corrected chi connectivity index (χ3v) is 4.51. The summed E-state index contributed by atoms with van der Waals surface area (Å²) in [4.78, 5) is 6.79. The lowest BCUT2D eigenvalue weighted by Crippen LogP contribution is -2.48. The Morgan fingerprint density at radius 3 is 3.06 bits per heavy atom. The first-order valence-corrected chi connectivity index (χ1v) is 7.93. The molecule has 3 N–H and O–H groups in total. The molecule has 1 saturated heterocycles. The van der Waals surface area contributed by atoms with Gasteiger partial charge < -0.3 is 10.6 Å². The second kappa shape index (κ2) is 5.93. The molecule has 1 aromatic rings. The number of rotatable bonds is 4. The lowest BCUT2D eigenvalue weighted by atomic mass is 9.95. The van der Waals surface area contributed by atoms with E-state index in [1.165, 1.54) is 0 Å². The zero-order chi connectivity index (χ0) is 13.1. The highest BCUT2D eigenvalue weighted by Gasteiger charge is 2.25. The number of nitrogens with two attached hydrogens (primary N) is 1. The first-order valence-electron chi connectivity index (χ1n) is 6.53. The maximum atomic E-state index is 6.11. The van der Waals surface area contributed by atoms with Crippen molar-refractivity contribution in [2.24, 2.45) is 11.7 Å². The van der Waals surface area contributed by atoms with Crippen molar-refractivity contribution < 1.29 is 0 Å². The molecule has 0 aliphatic carbocycles. The maximum absolute atomic E-state index is 6.11. The van der Waals surface area contributed by atoms with Crippen molar-refractivity contribution in [3.8, 4) is 0 Å². The van der Waals surface area contributed by atoms with E-state index in [0.717, 1.165) is 37.0 Å². The number of anilines is 1.